The first-order valence-corrected chi connectivity index (χ1v) is 7.62. The molecule has 116 valence electrons. The van der Waals surface area contributed by atoms with Crippen molar-refractivity contribution in [2.75, 3.05) is 39.8 Å². The van der Waals surface area contributed by atoms with Crippen LogP contribution >= 0.6 is 0 Å². The molecule has 0 aromatic heterocycles. The van der Waals surface area contributed by atoms with Gasteiger partial charge in [0.15, 0.2) is 0 Å². The Morgan fingerprint density at radius 3 is 2.95 bits per heavy atom. The van der Waals surface area contributed by atoms with Gasteiger partial charge in [0, 0.05) is 12.6 Å². The molecule has 1 aromatic rings. The van der Waals surface area contributed by atoms with E-state index in [2.05, 4.69) is 15.5 Å². The number of carbonyl (C=O) groups excluding carboxylic acids is 1. The van der Waals surface area contributed by atoms with Gasteiger partial charge in [-0.25, -0.2) is 0 Å². The maximum atomic E-state index is 11.9. The molecule has 1 unspecified atom stereocenters. The summed E-state index contributed by atoms with van der Waals surface area (Å²) >= 11 is 0. The van der Waals surface area contributed by atoms with Crippen LogP contribution in [0.15, 0.2) is 30.3 Å². The number of nitrogens with zero attached hydrogens (tertiary/aromatic N) is 1. The fourth-order valence-corrected chi connectivity index (χ4v) is 2.57. The number of piperidine rings is 1. The fourth-order valence-electron chi connectivity index (χ4n) is 2.57. The average Bonchev–Trinajstić information content (AvgIpc) is 2.53. The zero-order valence-corrected chi connectivity index (χ0v) is 12.7. The zero-order chi connectivity index (χ0) is 14.9. The first-order chi connectivity index (χ1) is 10.3. The van der Waals surface area contributed by atoms with Gasteiger partial charge in [-0.1, -0.05) is 18.2 Å². The van der Waals surface area contributed by atoms with E-state index in [1.807, 2.05) is 37.4 Å². The van der Waals surface area contributed by atoms with Gasteiger partial charge in [-0.2, -0.15) is 0 Å². The second-order valence-electron chi connectivity index (χ2n) is 5.37. The molecule has 1 aliphatic rings. The topological polar surface area (TPSA) is 53.6 Å². The lowest BCUT2D eigenvalue weighted by Gasteiger charge is -2.31. The number of hydrogen-bond acceptors (Lipinski definition) is 4. The molecule has 2 N–H and O–H groups in total. The number of amides is 1. The lowest BCUT2D eigenvalue weighted by atomic mass is 10.1. The van der Waals surface area contributed by atoms with Crippen LogP contribution in [0.2, 0.25) is 0 Å². The van der Waals surface area contributed by atoms with Crippen molar-refractivity contribution in [1.29, 1.82) is 0 Å². The molecule has 1 heterocycles. The van der Waals surface area contributed by atoms with Gasteiger partial charge >= 0.3 is 0 Å². The minimum Gasteiger partial charge on any atom is -0.492 e. The molecule has 2 rings (SSSR count). The number of benzene rings is 1. The Hall–Kier alpha value is -1.59. The molecule has 5 nitrogen and oxygen atoms in total. The Morgan fingerprint density at radius 1 is 1.38 bits per heavy atom. The summed E-state index contributed by atoms with van der Waals surface area (Å²) in [6.45, 7) is 3.46. The Balaban J connectivity index is 1.59. The standard InChI is InChI=1S/C16H25N3O2/c1-17-14-6-5-10-19(12-14)13-16(20)18-9-11-21-15-7-3-2-4-8-15/h2-4,7-8,14,17H,5-6,9-13H2,1H3,(H,18,20). The molecule has 1 saturated heterocycles. The number of carbonyl (C=O) groups is 1. The quantitative estimate of drug-likeness (QED) is 0.732. The van der Waals surface area contributed by atoms with E-state index in [0.717, 1.165) is 25.3 Å². The van der Waals surface area contributed by atoms with E-state index in [9.17, 15) is 4.79 Å². The summed E-state index contributed by atoms with van der Waals surface area (Å²) < 4.78 is 5.54. The number of likely N-dealkylation sites (N-methyl/N-ethyl adjacent to an activating group) is 1. The molecule has 0 saturated carbocycles. The average molecular weight is 291 g/mol. The lowest BCUT2D eigenvalue weighted by molar-refractivity contribution is -0.122. The van der Waals surface area contributed by atoms with Crippen LogP contribution < -0.4 is 15.4 Å². The summed E-state index contributed by atoms with van der Waals surface area (Å²) in [5.41, 5.74) is 0. The monoisotopic (exact) mass is 291 g/mol. The number of hydrogen-bond donors (Lipinski definition) is 2. The summed E-state index contributed by atoms with van der Waals surface area (Å²) in [6.07, 6.45) is 2.34. The molecule has 0 bridgehead atoms. The maximum absolute atomic E-state index is 11.9. The zero-order valence-electron chi connectivity index (χ0n) is 12.7. The highest BCUT2D eigenvalue weighted by Crippen LogP contribution is 2.09. The molecule has 1 fully saturated rings. The predicted molar refractivity (Wildman–Crippen MR) is 83.5 cm³/mol. The van der Waals surface area contributed by atoms with Crippen LogP contribution in [0.25, 0.3) is 0 Å². The summed E-state index contributed by atoms with van der Waals surface area (Å²) in [6, 6.07) is 10.1. The molecule has 0 radical (unpaired) electrons. The highest BCUT2D eigenvalue weighted by molar-refractivity contribution is 5.78. The van der Waals surface area contributed by atoms with E-state index >= 15 is 0 Å². The van der Waals surface area contributed by atoms with Crippen molar-refractivity contribution in [3.63, 3.8) is 0 Å². The summed E-state index contributed by atoms with van der Waals surface area (Å²) in [5.74, 6) is 0.906. The van der Waals surface area contributed by atoms with Gasteiger partial charge < -0.3 is 15.4 Å². The fraction of sp³-hybridized carbons (Fsp3) is 0.562. The van der Waals surface area contributed by atoms with E-state index in [1.165, 1.54) is 6.42 Å². The van der Waals surface area contributed by atoms with Crippen molar-refractivity contribution in [3.05, 3.63) is 30.3 Å². The van der Waals surface area contributed by atoms with Gasteiger partial charge in [-0.3, -0.25) is 9.69 Å². The highest BCUT2D eigenvalue weighted by atomic mass is 16.5. The highest BCUT2D eigenvalue weighted by Gasteiger charge is 2.19. The Labute approximate surface area is 126 Å². The van der Waals surface area contributed by atoms with Crippen molar-refractivity contribution >= 4 is 5.91 Å². The summed E-state index contributed by atoms with van der Waals surface area (Å²) in [5, 5.41) is 6.19. The first kappa shape index (κ1) is 15.8. The second kappa shape index (κ2) is 8.64. The van der Waals surface area contributed by atoms with Crippen LogP contribution in [0.3, 0.4) is 0 Å². The van der Waals surface area contributed by atoms with Crippen molar-refractivity contribution in [3.8, 4) is 5.75 Å². The first-order valence-electron chi connectivity index (χ1n) is 7.62. The third-order valence-corrected chi connectivity index (χ3v) is 3.72. The SMILES string of the molecule is CNC1CCCN(CC(=O)NCCOc2ccccc2)C1. The molecular formula is C16H25N3O2. The number of likely N-dealkylation sites (tertiary alicyclic amines) is 1. The number of para-hydroxylation sites is 1. The lowest BCUT2D eigenvalue weighted by Crippen LogP contribution is -2.48. The molecule has 1 amide bonds. The second-order valence-corrected chi connectivity index (χ2v) is 5.37. The third kappa shape index (κ3) is 5.73. The van der Waals surface area contributed by atoms with E-state index in [1.54, 1.807) is 0 Å². The van der Waals surface area contributed by atoms with Crippen LogP contribution in [0, 0.1) is 0 Å². The smallest absolute Gasteiger partial charge is 0.234 e. The Bertz CT molecular complexity index is 425. The Kier molecular flexibility index (Phi) is 6.50. The van der Waals surface area contributed by atoms with Crippen molar-refractivity contribution in [2.45, 2.75) is 18.9 Å². The molecule has 1 atom stereocenters. The van der Waals surface area contributed by atoms with E-state index < -0.39 is 0 Å². The molecule has 5 heteroatoms. The normalized spacial score (nSPS) is 19.2. The third-order valence-electron chi connectivity index (χ3n) is 3.72. The van der Waals surface area contributed by atoms with Crippen molar-refractivity contribution in [1.82, 2.24) is 15.5 Å². The van der Waals surface area contributed by atoms with Gasteiger partial charge in [0.1, 0.15) is 12.4 Å². The van der Waals surface area contributed by atoms with Gasteiger partial charge in [-0.15, -0.1) is 0 Å². The minimum absolute atomic E-state index is 0.0726. The van der Waals surface area contributed by atoms with E-state index in [0.29, 0.717) is 25.7 Å². The summed E-state index contributed by atoms with van der Waals surface area (Å²) in [7, 11) is 1.98. The van der Waals surface area contributed by atoms with Crippen LogP contribution in [-0.4, -0.2) is 56.7 Å². The minimum atomic E-state index is 0.0726. The van der Waals surface area contributed by atoms with E-state index in [4.69, 9.17) is 4.74 Å². The van der Waals surface area contributed by atoms with Gasteiger partial charge in [0.25, 0.3) is 0 Å². The molecular weight excluding hydrogens is 266 g/mol. The largest absolute Gasteiger partial charge is 0.492 e. The van der Waals surface area contributed by atoms with Crippen molar-refractivity contribution < 1.29 is 9.53 Å². The maximum Gasteiger partial charge on any atom is 0.234 e. The molecule has 0 spiro atoms. The van der Waals surface area contributed by atoms with Gasteiger partial charge in [0.05, 0.1) is 13.1 Å². The van der Waals surface area contributed by atoms with Crippen LogP contribution in [0.1, 0.15) is 12.8 Å². The van der Waals surface area contributed by atoms with Crippen LogP contribution in [0.5, 0.6) is 5.75 Å². The van der Waals surface area contributed by atoms with Gasteiger partial charge in [-0.05, 0) is 38.6 Å². The van der Waals surface area contributed by atoms with Gasteiger partial charge in [0.2, 0.25) is 5.91 Å². The Morgan fingerprint density at radius 2 is 2.19 bits per heavy atom. The predicted octanol–water partition coefficient (Wildman–Crippen LogP) is 0.865. The van der Waals surface area contributed by atoms with E-state index in [-0.39, 0.29) is 5.91 Å². The molecule has 1 aromatic carbocycles. The molecule has 0 aliphatic carbocycles. The van der Waals surface area contributed by atoms with Crippen LogP contribution in [0.4, 0.5) is 0 Å². The molecule has 21 heavy (non-hydrogen) atoms. The number of rotatable bonds is 7. The number of nitrogens with one attached hydrogen (secondary N) is 2. The van der Waals surface area contributed by atoms with Crippen molar-refractivity contribution in [2.24, 2.45) is 0 Å². The number of ether oxygens (including phenoxy) is 1. The summed E-state index contributed by atoms with van der Waals surface area (Å²) in [4.78, 5) is 14.1. The molecule has 1 aliphatic heterocycles. The van der Waals surface area contributed by atoms with Crippen LogP contribution in [-0.2, 0) is 4.79 Å².